The van der Waals surface area contributed by atoms with Crippen LogP contribution in [0.1, 0.15) is 31.1 Å². The first-order valence-electron chi connectivity index (χ1n) is 7.86. The first-order chi connectivity index (χ1) is 11.7. The van der Waals surface area contributed by atoms with Gasteiger partial charge in [-0.1, -0.05) is 5.11 Å². The Balaban J connectivity index is 2.11. The monoisotopic (exact) mass is 347 g/mol. The zero-order chi connectivity index (χ0) is 18.6. The lowest BCUT2D eigenvalue weighted by Crippen LogP contribution is -2.50. The van der Waals surface area contributed by atoms with Crippen LogP contribution in [-0.2, 0) is 4.74 Å². The van der Waals surface area contributed by atoms with Crippen LogP contribution >= 0.6 is 0 Å². The van der Waals surface area contributed by atoms with E-state index in [0.717, 1.165) is 0 Å². The Labute approximate surface area is 145 Å². The average molecular weight is 347 g/mol. The predicted molar refractivity (Wildman–Crippen MR) is 92.2 cm³/mol. The average Bonchev–Trinajstić information content (AvgIpc) is 2.53. The Kier molecular flexibility index (Phi) is 5.38. The molecule has 0 saturated carbocycles. The maximum Gasteiger partial charge on any atom is 0.410 e. The Bertz CT molecular complexity index is 693. The van der Waals surface area contributed by atoms with E-state index < -0.39 is 11.6 Å². The van der Waals surface area contributed by atoms with E-state index in [0.29, 0.717) is 31.9 Å². The number of azide groups is 1. The number of piperazine rings is 1. The molecule has 0 aliphatic carbocycles. The van der Waals surface area contributed by atoms with Crippen LogP contribution in [0.4, 0.5) is 16.2 Å². The van der Waals surface area contributed by atoms with Crippen molar-refractivity contribution in [3.8, 4) is 0 Å². The normalized spacial score (nSPS) is 14.7. The van der Waals surface area contributed by atoms with Crippen LogP contribution in [0.3, 0.4) is 0 Å². The lowest BCUT2D eigenvalue weighted by atomic mass is 10.1. The number of anilines is 1. The minimum absolute atomic E-state index is 0.0504. The van der Waals surface area contributed by atoms with E-state index in [1.165, 1.54) is 12.1 Å². The van der Waals surface area contributed by atoms with Gasteiger partial charge in [0.1, 0.15) is 5.60 Å². The number of hydrogen-bond acceptors (Lipinski definition) is 5. The number of carboxylic acid groups (broad SMARTS) is 1. The highest BCUT2D eigenvalue weighted by atomic mass is 16.6. The number of benzene rings is 1. The number of rotatable bonds is 3. The quantitative estimate of drug-likeness (QED) is 0.510. The van der Waals surface area contributed by atoms with Crippen molar-refractivity contribution in [3.05, 3.63) is 34.2 Å². The van der Waals surface area contributed by atoms with Gasteiger partial charge >= 0.3 is 12.1 Å². The fraction of sp³-hybridized carbons (Fsp3) is 0.500. The third-order valence-electron chi connectivity index (χ3n) is 3.61. The molecule has 134 valence electrons. The van der Waals surface area contributed by atoms with Crippen molar-refractivity contribution in [3.63, 3.8) is 0 Å². The summed E-state index contributed by atoms with van der Waals surface area (Å²) >= 11 is 0. The molecular weight excluding hydrogens is 326 g/mol. The summed E-state index contributed by atoms with van der Waals surface area (Å²) in [6.45, 7) is 7.42. The first-order valence-corrected chi connectivity index (χ1v) is 7.86. The highest BCUT2D eigenvalue weighted by Gasteiger charge is 2.26. The van der Waals surface area contributed by atoms with Crippen LogP contribution < -0.4 is 4.90 Å². The van der Waals surface area contributed by atoms with E-state index in [4.69, 9.17) is 10.3 Å². The van der Waals surface area contributed by atoms with E-state index in [-0.39, 0.29) is 17.3 Å². The number of amides is 1. The van der Waals surface area contributed by atoms with E-state index in [1.54, 1.807) is 11.0 Å². The lowest BCUT2D eigenvalue weighted by Gasteiger charge is -2.37. The number of aromatic carboxylic acids is 1. The number of carbonyl (C=O) groups is 2. The number of carbonyl (C=O) groups excluding carboxylic acids is 1. The second kappa shape index (κ2) is 7.31. The molecule has 1 aromatic rings. The maximum absolute atomic E-state index is 12.1. The third kappa shape index (κ3) is 5.02. The topological polar surface area (TPSA) is 119 Å². The standard InChI is InChI=1S/C16H21N5O4/c1-16(2,3)25-15(24)21-6-4-20(5-7-21)13-9-11(14(22)23)8-12(10-13)18-19-17/h8-10H,4-7H2,1-3H3,(H,22,23). The predicted octanol–water partition coefficient (Wildman–Crippen LogP) is 3.38. The van der Waals surface area contributed by atoms with Gasteiger partial charge in [0.25, 0.3) is 0 Å². The van der Waals surface area contributed by atoms with E-state index >= 15 is 0 Å². The Morgan fingerprint density at radius 1 is 1.20 bits per heavy atom. The van der Waals surface area contributed by atoms with Crippen LogP contribution in [0.25, 0.3) is 10.4 Å². The van der Waals surface area contributed by atoms with Crippen LogP contribution in [0.15, 0.2) is 23.3 Å². The summed E-state index contributed by atoms with van der Waals surface area (Å²) in [6.07, 6.45) is -0.360. The van der Waals surface area contributed by atoms with E-state index in [2.05, 4.69) is 10.0 Å². The second-order valence-electron chi connectivity index (χ2n) is 6.69. The summed E-state index contributed by atoms with van der Waals surface area (Å²) in [5.41, 5.74) is 8.97. The molecule has 1 heterocycles. The van der Waals surface area contributed by atoms with Gasteiger partial charge in [0.15, 0.2) is 0 Å². The molecule has 9 nitrogen and oxygen atoms in total. The molecule has 0 spiro atoms. The molecule has 0 aromatic heterocycles. The number of carboxylic acids is 1. The summed E-state index contributed by atoms with van der Waals surface area (Å²) in [7, 11) is 0. The number of nitrogens with zero attached hydrogens (tertiary/aromatic N) is 5. The Morgan fingerprint density at radius 2 is 1.84 bits per heavy atom. The van der Waals surface area contributed by atoms with Crippen molar-refractivity contribution in [1.82, 2.24) is 4.90 Å². The molecule has 2 rings (SSSR count). The van der Waals surface area contributed by atoms with Crippen molar-refractivity contribution in [2.75, 3.05) is 31.1 Å². The van der Waals surface area contributed by atoms with Crippen LogP contribution in [-0.4, -0.2) is 53.8 Å². The van der Waals surface area contributed by atoms with Gasteiger partial charge in [0.05, 0.1) is 5.56 Å². The van der Waals surface area contributed by atoms with E-state index in [9.17, 15) is 14.7 Å². The molecule has 0 unspecified atom stereocenters. The third-order valence-corrected chi connectivity index (χ3v) is 3.61. The van der Waals surface area contributed by atoms with Crippen molar-refractivity contribution >= 4 is 23.4 Å². The van der Waals surface area contributed by atoms with Gasteiger partial charge in [0.2, 0.25) is 0 Å². The number of hydrogen-bond donors (Lipinski definition) is 1. The molecule has 1 amide bonds. The molecule has 1 aromatic carbocycles. The molecule has 1 saturated heterocycles. The summed E-state index contributed by atoms with van der Waals surface area (Å²) in [5, 5.41) is 12.7. The fourth-order valence-corrected chi connectivity index (χ4v) is 2.48. The van der Waals surface area contributed by atoms with Crippen LogP contribution in [0.5, 0.6) is 0 Å². The van der Waals surface area contributed by atoms with Gasteiger partial charge < -0.3 is 19.6 Å². The molecule has 1 N–H and O–H groups in total. The van der Waals surface area contributed by atoms with Gasteiger partial charge in [-0.2, -0.15) is 0 Å². The minimum Gasteiger partial charge on any atom is -0.478 e. The molecule has 0 atom stereocenters. The van der Waals surface area contributed by atoms with Crippen molar-refractivity contribution in [2.45, 2.75) is 26.4 Å². The largest absolute Gasteiger partial charge is 0.478 e. The highest BCUT2D eigenvalue weighted by molar-refractivity contribution is 5.90. The molecular formula is C16H21N5O4. The SMILES string of the molecule is CC(C)(C)OC(=O)N1CCN(c2cc(N=[N+]=[N-])cc(C(=O)O)c2)CC1. The summed E-state index contributed by atoms with van der Waals surface area (Å²) in [5.74, 6) is -1.09. The molecule has 9 heteroatoms. The van der Waals surface area contributed by atoms with E-state index in [1.807, 2.05) is 25.7 Å². The first kappa shape index (κ1) is 18.4. The van der Waals surface area contributed by atoms with Crippen LogP contribution in [0, 0.1) is 0 Å². The van der Waals surface area contributed by atoms with Gasteiger partial charge in [0, 0.05) is 42.5 Å². The molecule has 0 bridgehead atoms. The summed E-state index contributed by atoms with van der Waals surface area (Å²) in [4.78, 5) is 29.6. The number of ether oxygens (including phenoxy) is 1. The molecule has 25 heavy (non-hydrogen) atoms. The van der Waals surface area contributed by atoms with Crippen molar-refractivity contribution < 1.29 is 19.4 Å². The Morgan fingerprint density at radius 3 is 2.36 bits per heavy atom. The fourth-order valence-electron chi connectivity index (χ4n) is 2.48. The van der Waals surface area contributed by atoms with Crippen molar-refractivity contribution in [1.29, 1.82) is 0 Å². The van der Waals surface area contributed by atoms with Gasteiger partial charge in [-0.3, -0.25) is 0 Å². The summed E-state index contributed by atoms with van der Waals surface area (Å²) in [6, 6.07) is 4.49. The zero-order valence-corrected chi connectivity index (χ0v) is 14.5. The van der Waals surface area contributed by atoms with Crippen LogP contribution in [0.2, 0.25) is 0 Å². The van der Waals surface area contributed by atoms with Gasteiger partial charge in [-0.15, -0.1) is 0 Å². The highest BCUT2D eigenvalue weighted by Crippen LogP contribution is 2.26. The smallest absolute Gasteiger partial charge is 0.410 e. The van der Waals surface area contributed by atoms with Gasteiger partial charge in [-0.25, -0.2) is 9.59 Å². The second-order valence-corrected chi connectivity index (χ2v) is 6.69. The molecule has 0 radical (unpaired) electrons. The Hall–Kier alpha value is -2.93. The molecule has 1 aliphatic rings. The van der Waals surface area contributed by atoms with Gasteiger partial charge in [-0.05, 0) is 44.5 Å². The molecule has 1 fully saturated rings. The van der Waals surface area contributed by atoms with Crippen molar-refractivity contribution in [2.24, 2.45) is 5.11 Å². The zero-order valence-electron chi connectivity index (χ0n) is 14.5. The molecule has 1 aliphatic heterocycles. The maximum atomic E-state index is 12.1. The summed E-state index contributed by atoms with van der Waals surface area (Å²) < 4.78 is 5.36. The minimum atomic E-state index is -1.09. The lowest BCUT2D eigenvalue weighted by molar-refractivity contribution is 0.0240.